The van der Waals surface area contributed by atoms with Crippen LogP contribution in [0.5, 0.6) is 11.5 Å². The third kappa shape index (κ3) is 3.11. The Bertz CT molecular complexity index is 633. The number of ether oxygens (including phenoxy) is 1. The standard InChI is InChI=1S/C13H11F3N2O2/c1-20-10-5-3-8(11(19)7-10)2-4-9-6-12(18-17-9)13(14,15)16/h2-7,19H,1H3,(H,17,18)/b4-2+. The summed E-state index contributed by atoms with van der Waals surface area (Å²) < 4.78 is 42.0. The monoisotopic (exact) mass is 284 g/mol. The van der Waals surface area contributed by atoms with E-state index in [-0.39, 0.29) is 11.4 Å². The van der Waals surface area contributed by atoms with Crippen LogP contribution in [-0.2, 0) is 6.18 Å². The first-order valence-corrected chi connectivity index (χ1v) is 5.58. The highest BCUT2D eigenvalue weighted by Gasteiger charge is 2.32. The molecule has 1 aromatic carbocycles. The molecule has 0 aliphatic carbocycles. The van der Waals surface area contributed by atoms with Crippen LogP contribution < -0.4 is 4.74 Å². The van der Waals surface area contributed by atoms with Crippen molar-refractivity contribution in [3.63, 3.8) is 0 Å². The molecule has 0 saturated heterocycles. The van der Waals surface area contributed by atoms with Gasteiger partial charge in [0.1, 0.15) is 17.2 Å². The Labute approximate surface area is 112 Å². The molecule has 20 heavy (non-hydrogen) atoms. The van der Waals surface area contributed by atoms with Gasteiger partial charge in [-0.25, -0.2) is 0 Å². The van der Waals surface area contributed by atoms with E-state index < -0.39 is 11.9 Å². The van der Waals surface area contributed by atoms with Crippen molar-refractivity contribution in [1.82, 2.24) is 10.2 Å². The lowest BCUT2D eigenvalue weighted by Crippen LogP contribution is -2.04. The predicted molar refractivity (Wildman–Crippen MR) is 67.2 cm³/mol. The Morgan fingerprint density at radius 1 is 1.25 bits per heavy atom. The van der Waals surface area contributed by atoms with Crippen LogP contribution >= 0.6 is 0 Å². The lowest BCUT2D eigenvalue weighted by Gasteiger charge is -2.02. The number of phenolic OH excluding ortho intramolecular Hbond substituents is 1. The minimum Gasteiger partial charge on any atom is -0.507 e. The fourth-order valence-corrected chi connectivity index (χ4v) is 1.53. The molecule has 106 valence electrons. The molecular weight excluding hydrogens is 273 g/mol. The average molecular weight is 284 g/mol. The van der Waals surface area contributed by atoms with E-state index in [1.807, 2.05) is 5.10 Å². The zero-order valence-corrected chi connectivity index (χ0v) is 10.4. The van der Waals surface area contributed by atoms with E-state index in [1.165, 1.54) is 25.3 Å². The quantitative estimate of drug-likeness (QED) is 0.909. The van der Waals surface area contributed by atoms with E-state index in [1.54, 1.807) is 12.1 Å². The molecule has 0 saturated carbocycles. The normalized spacial score (nSPS) is 12.0. The van der Waals surface area contributed by atoms with Crippen molar-refractivity contribution in [3.05, 3.63) is 41.2 Å². The maximum Gasteiger partial charge on any atom is 0.432 e. The molecule has 0 spiro atoms. The molecule has 0 bridgehead atoms. The molecular formula is C13H11F3N2O2. The van der Waals surface area contributed by atoms with Crippen molar-refractivity contribution in [1.29, 1.82) is 0 Å². The maximum absolute atomic E-state index is 12.4. The number of halogens is 3. The van der Waals surface area contributed by atoms with Crippen LogP contribution in [0.1, 0.15) is 17.0 Å². The van der Waals surface area contributed by atoms with Gasteiger partial charge in [-0.3, -0.25) is 5.10 Å². The Morgan fingerprint density at radius 3 is 2.55 bits per heavy atom. The van der Waals surface area contributed by atoms with Crippen molar-refractivity contribution < 1.29 is 23.0 Å². The SMILES string of the molecule is COc1ccc(/C=C/c2cc(C(F)(F)F)[nH]n2)c(O)c1. The lowest BCUT2D eigenvalue weighted by atomic mass is 10.1. The highest BCUT2D eigenvalue weighted by atomic mass is 19.4. The second-order valence-electron chi connectivity index (χ2n) is 3.96. The summed E-state index contributed by atoms with van der Waals surface area (Å²) in [4.78, 5) is 0. The molecule has 1 heterocycles. The van der Waals surface area contributed by atoms with E-state index in [0.29, 0.717) is 11.3 Å². The van der Waals surface area contributed by atoms with Crippen LogP contribution in [0.3, 0.4) is 0 Å². The number of benzene rings is 1. The van der Waals surface area contributed by atoms with Gasteiger partial charge in [0.15, 0.2) is 0 Å². The third-order valence-electron chi connectivity index (χ3n) is 2.57. The van der Waals surface area contributed by atoms with E-state index in [2.05, 4.69) is 5.10 Å². The minimum atomic E-state index is -4.46. The number of nitrogens with zero attached hydrogens (tertiary/aromatic N) is 1. The van der Waals surface area contributed by atoms with Gasteiger partial charge in [0.2, 0.25) is 0 Å². The summed E-state index contributed by atoms with van der Waals surface area (Å²) in [6, 6.07) is 5.51. The summed E-state index contributed by atoms with van der Waals surface area (Å²) in [5, 5.41) is 15.1. The maximum atomic E-state index is 12.4. The first-order chi connectivity index (χ1) is 9.40. The molecule has 7 heteroatoms. The van der Waals surface area contributed by atoms with Crippen LogP contribution in [0.4, 0.5) is 13.2 Å². The zero-order valence-electron chi connectivity index (χ0n) is 10.4. The zero-order chi connectivity index (χ0) is 14.8. The van der Waals surface area contributed by atoms with Crippen molar-refractivity contribution in [2.24, 2.45) is 0 Å². The summed E-state index contributed by atoms with van der Waals surface area (Å²) >= 11 is 0. The number of methoxy groups -OCH3 is 1. The van der Waals surface area contributed by atoms with Gasteiger partial charge in [0.05, 0.1) is 12.8 Å². The largest absolute Gasteiger partial charge is 0.507 e. The summed E-state index contributed by atoms with van der Waals surface area (Å²) in [5.41, 5.74) is -0.356. The number of aromatic hydroxyl groups is 1. The fourth-order valence-electron chi connectivity index (χ4n) is 1.53. The fraction of sp³-hybridized carbons (Fsp3) is 0.154. The predicted octanol–water partition coefficient (Wildman–Crippen LogP) is 3.31. The van der Waals surface area contributed by atoms with Crippen LogP contribution in [0, 0.1) is 0 Å². The molecule has 1 aromatic heterocycles. The summed E-state index contributed by atoms with van der Waals surface area (Å²) in [6.07, 6.45) is -1.63. The minimum absolute atomic E-state index is 0.0350. The Kier molecular flexibility index (Phi) is 3.69. The summed E-state index contributed by atoms with van der Waals surface area (Å²) in [6.45, 7) is 0. The van der Waals surface area contributed by atoms with Gasteiger partial charge in [0, 0.05) is 11.6 Å². The highest BCUT2D eigenvalue weighted by molar-refractivity contribution is 5.71. The first kappa shape index (κ1) is 14.0. The van der Waals surface area contributed by atoms with Crippen molar-refractivity contribution in [2.75, 3.05) is 7.11 Å². The topological polar surface area (TPSA) is 58.1 Å². The number of hydrogen-bond acceptors (Lipinski definition) is 3. The molecule has 0 fully saturated rings. The van der Waals surface area contributed by atoms with Crippen molar-refractivity contribution in [2.45, 2.75) is 6.18 Å². The number of aromatic nitrogens is 2. The van der Waals surface area contributed by atoms with Crippen LogP contribution in [-0.4, -0.2) is 22.4 Å². The molecule has 0 atom stereocenters. The molecule has 0 unspecified atom stereocenters. The average Bonchev–Trinajstić information content (AvgIpc) is 2.86. The van der Waals surface area contributed by atoms with Gasteiger partial charge in [-0.1, -0.05) is 0 Å². The molecule has 4 nitrogen and oxygen atoms in total. The molecule has 2 aromatic rings. The van der Waals surface area contributed by atoms with Crippen LogP contribution in [0.15, 0.2) is 24.3 Å². The molecule has 2 rings (SSSR count). The number of rotatable bonds is 3. The number of phenols is 1. The van der Waals surface area contributed by atoms with Crippen molar-refractivity contribution in [3.8, 4) is 11.5 Å². The molecule has 2 N–H and O–H groups in total. The summed E-state index contributed by atoms with van der Waals surface area (Å²) in [5.74, 6) is 0.450. The van der Waals surface area contributed by atoms with Gasteiger partial charge >= 0.3 is 6.18 Å². The second-order valence-corrected chi connectivity index (χ2v) is 3.96. The summed E-state index contributed by atoms with van der Waals surface area (Å²) in [7, 11) is 1.46. The van der Waals surface area contributed by atoms with Gasteiger partial charge in [-0.05, 0) is 30.4 Å². The number of alkyl halides is 3. The van der Waals surface area contributed by atoms with E-state index in [9.17, 15) is 18.3 Å². The van der Waals surface area contributed by atoms with E-state index in [0.717, 1.165) is 6.07 Å². The number of nitrogens with one attached hydrogen (secondary N) is 1. The van der Waals surface area contributed by atoms with E-state index in [4.69, 9.17) is 4.74 Å². The molecule has 0 aliphatic rings. The van der Waals surface area contributed by atoms with Gasteiger partial charge in [-0.2, -0.15) is 18.3 Å². The van der Waals surface area contributed by atoms with Gasteiger partial charge < -0.3 is 9.84 Å². The van der Waals surface area contributed by atoms with E-state index >= 15 is 0 Å². The second kappa shape index (κ2) is 5.28. The van der Waals surface area contributed by atoms with Crippen LogP contribution in [0.2, 0.25) is 0 Å². The van der Waals surface area contributed by atoms with Crippen LogP contribution in [0.25, 0.3) is 12.2 Å². The third-order valence-corrected chi connectivity index (χ3v) is 2.57. The lowest BCUT2D eigenvalue weighted by molar-refractivity contribution is -0.141. The molecule has 0 aliphatic heterocycles. The molecule has 0 radical (unpaired) electrons. The Morgan fingerprint density at radius 2 is 2.00 bits per heavy atom. The number of hydrogen-bond donors (Lipinski definition) is 2. The number of aromatic amines is 1. The Hall–Kier alpha value is -2.44. The molecule has 0 amide bonds. The van der Waals surface area contributed by atoms with Crippen molar-refractivity contribution >= 4 is 12.2 Å². The first-order valence-electron chi connectivity index (χ1n) is 5.58. The van der Waals surface area contributed by atoms with Gasteiger partial charge in [0.25, 0.3) is 0 Å². The Balaban J connectivity index is 2.19. The highest BCUT2D eigenvalue weighted by Crippen LogP contribution is 2.28. The number of H-pyrrole nitrogens is 1. The smallest absolute Gasteiger partial charge is 0.432 e. The van der Waals surface area contributed by atoms with Gasteiger partial charge in [-0.15, -0.1) is 0 Å².